The number of hydrogen-bond acceptors (Lipinski definition) is 6. The lowest BCUT2D eigenvalue weighted by molar-refractivity contribution is -0.167. The van der Waals surface area contributed by atoms with E-state index < -0.39 is 6.10 Å². The van der Waals surface area contributed by atoms with Crippen molar-refractivity contribution in [2.24, 2.45) is 0 Å². The van der Waals surface area contributed by atoms with E-state index in [-0.39, 0.29) is 31.1 Å². The van der Waals surface area contributed by atoms with Crippen LogP contribution in [0.1, 0.15) is 316 Å². The van der Waals surface area contributed by atoms with Crippen LogP contribution in [0.15, 0.2) is 48.6 Å². The zero-order chi connectivity index (χ0) is 50.0. The first kappa shape index (κ1) is 66.4. The number of allylic oxidation sites excluding steroid dienone is 8. The van der Waals surface area contributed by atoms with Gasteiger partial charge in [0.25, 0.3) is 0 Å². The second-order valence-corrected chi connectivity index (χ2v) is 20.2. The first-order chi connectivity index (χ1) is 34.0. The highest BCUT2D eigenvalue weighted by atomic mass is 16.6. The number of rotatable bonds is 55. The molecule has 0 aliphatic rings. The maximum absolute atomic E-state index is 12.9. The lowest BCUT2D eigenvalue weighted by Crippen LogP contribution is -2.30. The van der Waals surface area contributed by atoms with Crippen molar-refractivity contribution >= 4 is 17.9 Å². The zero-order valence-electron chi connectivity index (χ0n) is 46.1. The number of carbonyl (C=O) groups excluding carboxylic acids is 3. The topological polar surface area (TPSA) is 78.9 Å². The molecule has 69 heavy (non-hydrogen) atoms. The SMILES string of the molecule is CCCCC/C=C\C/C=C\CCCCCCCCCCCC(=O)OC[C@H](COC(=O)CCCCCCCCC/C=C\CCCCCC)OC(=O)CCCCCCCCC/C=C\CCCCCCCC. The molecule has 0 aliphatic heterocycles. The van der Waals surface area contributed by atoms with Crippen LogP contribution in [0.3, 0.4) is 0 Å². The van der Waals surface area contributed by atoms with Crippen molar-refractivity contribution in [2.75, 3.05) is 13.2 Å². The Bertz CT molecular complexity index is 1200. The number of hydrogen-bond donors (Lipinski definition) is 0. The number of esters is 3. The maximum atomic E-state index is 12.9. The predicted molar refractivity (Wildman–Crippen MR) is 298 cm³/mol. The molecule has 0 fully saturated rings. The molecule has 0 unspecified atom stereocenters. The largest absolute Gasteiger partial charge is 0.462 e. The Kier molecular flexibility index (Phi) is 55.7. The van der Waals surface area contributed by atoms with E-state index in [1.165, 1.54) is 212 Å². The normalized spacial score (nSPS) is 12.3. The van der Waals surface area contributed by atoms with Crippen molar-refractivity contribution in [2.45, 2.75) is 322 Å². The van der Waals surface area contributed by atoms with E-state index >= 15 is 0 Å². The molecule has 402 valence electrons. The van der Waals surface area contributed by atoms with E-state index in [4.69, 9.17) is 14.2 Å². The first-order valence-electron chi connectivity index (χ1n) is 30.1. The predicted octanol–water partition coefficient (Wildman–Crippen LogP) is 20.2. The van der Waals surface area contributed by atoms with E-state index in [1.807, 2.05) is 0 Å². The third kappa shape index (κ3) is 56.2. The van der Waals surface area contributed by atoms with Gasteiger partial charge in [0, 0.05) is 19.3 Å². The van der Waals surface area contributed by atoms with Gasteiger partial charge < -0.3 is 14.2 Å². The molecule has 0 saturated heterocycles. The molecule has 0 saturated carbocycles. The summed E-state index contributed by atoms with van der Waals surface area (Å²) < 4.78 is 16.9. The van der Waals surface area contributed by atoms with Crippen molar-refractivity contribution in [1.29, 1.82) is 0 Å². The Labute approximate surface area is 428 Å². The van der Waals surface area contributed by atoms with Crippen LogP contribution in [0.4, 0.5) is 0 Å². The third-order valence-electron chi connectivity index (χ3n) is 13.3. The Morgan fingerprint density at radius 2 is 0.522 bits per heavy atom. The van der Waals surface area contributed by atoms with Gasteiger partial charge in [0.1, 0.15) is 13.2 Å². The number of ether oxygens (including phenoxy) is 3. The van der Waals surface area contributed by atoms with Crippen LogP contribution in [-0.2, 0) is 28.6 Å². The monoisotopic (exact) mass is 967 g/mol. The summed E-state index contributed by atoms with van der Waals surface area (Å²) in [6.07, 6.45) is 71.0. The minimum Gasteiger partial charge on any atom is -0.462 e. The summed E-state index contributed by atoms with van der Waals surface area (Å²) in [4.78, 5) is 38.2. The molecule has 0 aromatic rings. The van der Waals surface area contributed by atoms with Crippen LogP contribution in [-0.4, -0.2) is 37.2 Å². The summed E-state index contributed by atoms with van der Waals surface area (Å²) in [7, 11) is 0. The summed E-state index contributed by atoms with van der Waals surface area (Å²) >= 11 is 0. The second-order valence-electron chi connectivity index (χ2n) is 20.2. The molecule has 0 N–H and O–H groups in total. The van der Waals surface area contributed by atoms with Gasteiger partial charge in [0.15, 0.2) is 6.10 Å². The van der Waals surface area contributed by atoms with Gasteiger partial charge >= 0.3 is 17.9 Å². The van der Waals surface area contributed by atoms with Crippen LogP contribution >= 0.6 is 0 Å². The number of unbranched alkanes of at least 4 members (excludes halogenated alkanes) is 36. The standard InChI is InChI=1S/C63H114O6/c1-4-7-10-13-16-19-22-25-28-30-31-33-35-38-41-44-47-50-53-56-62(65)68-59-60(58-67-61(64)55-52-49-46-43-40-37-34-27-24-21-18-15-12-9-6-3)69-63(66)57-54-51-48-45-42-39-36-32-29-26-23-20-17-14-11-8-5-2/h16,19,21,24-26,28-29,60H,4-15,17-18,20,22-23,27,30-59H2,1-3H3/b19-16-,24-21-,28-25-,29-26-/t60-/m0/s1. The molecular weight excluding hydrogens is 853 g/mol. The zero-order valence-corrected chi connectivity index (χ0v) is 46.1. The van der Waals surface area contributed by atoms with Gasteiger partial charge in [-0.05, 0) is 103 Å². The molecule has 0 aromatic heterocycles. The van der Waals surface area contributed by atoms with Gasteiger partial charge in [0.05, 0.1) is 0 Å². The van der Waals surface area contributed by atoms with Gasteiger partial charge in [-0.15, -0.1) is 0 Å². The Morgan fingerprint density at radius 3 is 0.855 bits per heavy atom. The molecule has 1 atom stereocenters. The van der Waals surface area contributed by atoms with Crippen LogP contribution < -0.4 is 0 Å². The highest BCUT2D eigenvalue weighted by Gasteiger charge is 2.19. The molecule has 0 rings (SSSR count). The van der Waals surface area contributed by atoms with Crippen LogP contribution in [0.2, 0.25) is 0 Å². The van der Waals surface area contributed by atoms with Gasteiger partial charge in [-0.2, -0.15) is 0 Å². The van der Waals surface area contributed by atoms with Gasteiger partial charge in [-0.3, -0.25) is 14.4 Å². The summed E-state index contributed by atoms with van der Waals surface area (Å²) in [5.74, 6) is -0.874. The number of carbonyl (C=O) groups is 3. The van der Waals surface area contributed by atoms with E-state index in [9.17, 15) is 14.4 Å². The molecule has 6 nitrogen and oxygen atoms in total. The fourth-order valence-electron chi connectivity index (χ4n) is 8.70. The fourth-order valence-corrected chi connectivity index (χ4v) is 8.70. The van der Waals surface area contributed by atoms with Crippen LogP contribution in [0.25, 0.3) is 0 Å². The second kappa shape index (κ2) is 57.9. The molecule has 6 heteroatoms. The maximum Gasteiger partial charge on any atom is 0.306 e. The minimum atomic E-state index is -0.778. The smallest absolute Gasteiger partial charge is 0.306 e. The van der Waals surface area contributed by atoms with Gasteiger partial charge in [-0.25, -0.2) is 0 Å². The van der Waals surface area contributed by atoms with Crippen molar-refractivity contribution in [1.82, 2.24) is 0 Å². The molecule has 0 aliphatic carbocycles. The third-order valence-corrected chi connectivity index (χ3v) is 13.3. The molecule has 0 spiro atoms. The van der Waals surface area contributed by atoms with Crippen LogP contribution in [0, 0.1) is 0 Å². The fraction of sp³-hybridized carbons (Fsp3) is 0.825. The lowest BCUT2D eigenvalue weighted by atomic mass is 10.1. The molecule has 0 bridgehead atoms. The van der Waals surface area contributed by atoms with Gasteiger partial charge in [0.2, 0.25) is 0 Å². The molecular formula is C63H114O6. The van der Waals surface area contributed by atoms with E-state index in [1.54, 1.807) is 0 Å². The summed E-state index contributed by atoms with van der Waals surface area (Å²) in [5.41, 5.74) is 0. The minimum absolute atomic E-state index is 0.0766. The van der Waals surface area contributed by atoms with Gasteiger partial charge in [-0.1, -0.05) is 243 Å². The Hall–Kier alpha value is -2.63. The molecule has 0 heterocycles. The lowest BCUT2D eigenvalue weighted by Gasteiger charge is -2.18. The highest BCUT2D eigenvalue weighted by Crippen LogP contribution is 2.16. The summed E-state index contributed by atoms with van der Waals surface area (Å²) in [6, 6.07) is 0. The molecule has 0 amide bonds. The summed E-state index contributed by atoms with van der Waals surface area (Å²) in [6.45, 7) is 6.63. The molecule has 0 radical (unpaired) electrons. The van der Waals surface area contributed by atoms with E-state index in [0.717, 1.165) is 64.2 Å². The van der Waals surface area contributed by atoms with Crippen LogP contribution in [0.5, 0.6) is 0 Å². The quantitative estimate of drug-likeness (QED) is 0.0262. The van der Waals surface area contributed by atoms with Crippen molar-refractivity contribution in [3.8, 4) is 0 Å². The summed E-state index contributed by atoms with van der Waals surface area (Å²) in [5, 5.41) is 0. The Balaban J connectivity index is 4.36. The van der Waals surface area contributed by atoms with E-state index in [0.29, 0.717) is 19.3 Å². The van der Waals surface area contributed by atoms with E-state index in [2.05, 4.69) is 69.4 Å². The van der Waals surface area contributed by atoms with Crippen molar-refractivity contribution in [3.63, 3.8) is 0 Å². The highest BCUT2D eigenvalue weighted by molar-refractivity contribution is 5.71. The first-order valence-corrected chi connectivity index (χ1v) is 30.1. The van der Waals surface area contributed by atoms with Crippen molar-refractivity contribution in [3.05, 3.63) is 48.6 Å². The Morgan fingerprint density at radius 1 is 0.290 bits per heavy atom. The molecule has 0 aromatic carbocycles. The van der Waals surface area contributed by atoms with Crippen molar-refractivity contribution < 1.29 is 28.6 Å². The average molecular weight is 968 g/mol. The average Bonchev–Trinajstić information content (AvgIpc) is 3.35.